The minimum atomic E-state index is 0. The maximum atomic E-state index is 2.34. The molecule has 0 amide bonds. The molecule has 0 aliphatic rings. The molecule has 1 atom stereocenters. The van der Waals surface area contributed by atoms with Crippen LogP contribution in [0.1, 0.15) is 49.0 Å². The highest BCUT2D eigenvalue weighted by Crippen LogP contribution is 2.33. The van der Waals surface area contributed by atoms with Crippen LogP contribution in [0.5, 0.6) is 0 Å². The van der Waals surface area contributed by atoms with Crippen molar-refractivity contribution < 1.29 is 0 Å². The third-order valence-electron chi connectivity index (χ3n) is 2.98. The van der Waals surface area contributed by atoms with Crippen LogP contribution >= 0.6 is 9.90 Å². The van der Waals surface area contributed by atoms with Crippen LogP contribution in [-0.2, 0) is 0 Å². The van der Waals surface area contributed by atoms with Crippen LogP contribution in [0.25, 0.3) is 0 Å². The minimum absolute atomic E-state index is 0. The second-order valence-electron chi connectivity index (χ2n) is 4.13. The van der Waals surface area contributed by atoms with Gasteiger partial charge in [-0.3, -0.25) is 0 Å². The summed E-state index contributed by atoms with van der Waals surface area (Å²) in [7, 11) is 0. The van der Waals surface area contributed by atoms with Crippen molar-refractivity contribution in [3.05, 3.63) is 0 Å². The third kappa shape index (κ3) is 4.80. The van der Waals surface area contributed by atoms with Crippen LogP contribution in [-0.4, -0.2) is 0 Å². The lowest BCUT2D eigenvalue weighted by Gasteiger charge is -2.33. The summed E-state index contributed by atoms with van der Waals surface area (Å²) < 4.78 is 0. The van der Waals surface area contributed by atoms with Crippen LogP contribution in [0.2, 0.25) is 0 Å². The summed E-state index contributed by atoms with van der Waals surface area (Å²) in [4.78, 5) is 0. The lowest BCUT2D eigenvalue weighted by Crippen LogP contribution is -2.25. The Morgan fingerprint density at radius 2 is 1.00 bits per heavy atom. The Labute approximate surface area is 76.8 Å². The molecule has 0 aromatic rings. The van der Waals surface area contributed by atoms with Crippen molar-refractivity contribution in [3.63, 3.8) is 0 Å². The van der Waals surface area contributed by atoms with E-state index < -0.39 is 0 Å². The normalized spacial score (nSPS) is 10.9. The van der Waals surface area contributed by atoms with Crippen LogP contribution < -0.4 is 0 Å². The monoisotopic (exact) mass is 178 g/mol. The Balaban J connectivity index is -0.000000320. The van der Waals surface area contributed by atoms with Gasteiger partial charge in [0.05, 0.1) is 0 Å². The molecule has 0 aliphatic heterocycles. The van der Waals surface area contributed by atoms with Crippen molar-refractivity contribution in [2.24, 2.45) is 17.3 Å². The fourth-order valence-electron chi connectivity index (χ4n) is 0.667. The van der Waals surface area contributed by atoms with E-state index in [2.05, 4.69) is 41.5 Å². The summed E-state index contributed by atoms with van der Waals surface area (Å²) in [5.74, 6) is 1.58. The molecule has 0 rings (SSSR count). The SMILES string of the molecule is C.CC(C)C(C)(C)C(C)C.P. The molecule has 0 aliphatic carbocycles. The first-order valence-electron chi connectivity index (χ1n) is 3.89. The van der Waals surface area contributed by atoms with Crippen LogP contribution in [0.3, 0.4) is 0 Å². The molecule has 0 saturated carbocycles. The second-order valence-corrected chi connectivity index (χ2v) is 4.13. The summed E-state index contributed by atoms with van der Waals surface area (Å²) in [5, 5.41) is 0. The highest BCUT2D eigenvalue weighted by molar-refractivity contribution is 6.92. The maximum absolute atomic E-state index is 2.34. The number of rotatable bonds is 2. The zero-order valence-corrected chi connectivity index (χ0v) is 9.78. The summed E-state index contributed by atoms with van der Waals surface area (Å²) in [6.07, 6.45) is 0. The molecule has 1 heteroatoms. The van der Waals surface area contributed by atoms with Gasteiger partial charge in [-0.2, -0.15) is 9.90 Å². The highest BCUT2D eigenvalue weighted by atomic mass is 31.0. The topological polar surface area (TPSA) is 0 Å². The summed E-state index contributed by atoms with van der Waals surface area (Å²) in [6, 6.07) is 0. The van der Waals surface area contributed by atoms with Gasteiger partial charge in [0, 0.05) is 0 Å². The van der Waals surface area contributed by atoms with Crippen LogP contribution in [0, 0.1) is 17.3 Å². The predicted molar refractivity (Wildman–Crippen MR) is 61.3 cm³/mol. The molecule has 0 saturated heterocycles. The molecule has 0 spiro atoms. The van der Waals surface area contributed by atoms with Crippen molar-refractivity contribution >= 4 is 9.90 Å². The molecule has 1 unspecified atom stereocenters. The van der Waals surface area contributed by atoms with E-state index in [-0.39, 0.29) is 17.3 Å². The van der Waals surface area contributed by atoms with Gasteiger partial charge >= 0.3 is 0 Å². The summed E-state index contributed by atoms with van der Waals surface area (Å²) in [5.41, 5.74) is 0.500. The molecular weight excluding hydrogens is 151 g/mol. The zero-order valence-electron chi connectivity index (χ0n) is 8.36. The van der Waals surface area contributed by atoms with Gasteiger partial charge in [-0.15, -0.1) is 0 Å². The largest absolute Gasteiger partial charge is 0.153 e. The van der Waals surface area contributed by atoms with E-state index in [1.54, 1.807) is 0 Å². The van der Waals surface area contributed by atoms with Crippen LogP contribution in [0.4, 0.5) is 0 Å². The van der Waals surface area contributed by atoms with Crippen molar-refractivity contribution in [2.75, 3.05) is 0 Å². The van der Waals surface area contributed by atoms with Crippen molar-refractivity contribution in [3.8, 4) is 0 Å². The standard InChI is InChI=1S/C9H20.CH4.H3P/c1-7(2)9(5,6)8(3)4;;/h7-8H,1-6H3;1H4;1H3. The van der Waals surface area contributed by atoms with Crippen molar-refractivity contribution in [2.45, 2.75) is 49.0 Å². The Kier molecular flexibility index (Phi) is 9.55. The second kappa shape index (κ2) is 6.00. The lowest BCUT2D eigenvalue weighted by atomic mass is 9.72. The Morgan fingerprint density at radius 3 is 1.00 bits per heavy atom. The van der Waals surface area contributed by atoms with Gasteiger partial charge in [0.2, 0.25) is 0 Å². The number of hydrogen-bond donors (Lipinski definition) is 0. The first kappa shape index (κ1) is 17.5. The van der Waals surface area contributed by atoms with Gasteiger partial charge in [-0.25, -0.2) is 0 Å². The van der Waals surface area contributed by atoms with E-state index in [9.17, 15) is 0 Å². The molecule has 11 heavy (non-hydrogen) atoms. The molecular formula is C10H27P. The Bertz CT molecular complexity index is 72.9. The van der Waals surface area contributed by atoms with E-state index in [0.717, 1.165) is 11.8 Å². The molecule has 0 heterocycles. The highest BCUT2D eigenvalue weighted by Gasteiger charge is 2.25. The molecule has 0 N–H and O–H groups in total. The van der Waals surface area contributed by atoms with Gasteiger partial charge in [0.15, 0.2) is 0 Å². The van der Waals surface area contributed by atoms with Gasteiger partial charge in [0.25, 0.3) is 0 Å². The van der Waals surface area contributed by atoms with Crippen molar-refractivity contribution in [1.29, 1.82) is 0 Å². The predicted octanol–water partition coefficient (Wildman–Crippen LogP) is 4.02. The fraction of sp³-hybridized carbons (Fsp3) is 1.00. The summed E-state index contributed by atoms with van der Waals surface area (Å²) >= 11 is 0. The lowest BCUT2D eigenvalue weighted by molar-refractivity contribution is 0.165. The minimum Gasteiger partial charge on any atom is -0.153 e. The Hall–Kier alpha value is 0.430. The van der Waals surface area contributed by atoms with Gasteiger partial charge in [-0.1, -0.05) is 49.0 Å². The van der Waals surface area contributed by atoms with Gasteiger partial charge in [0.1, 0.15) is 0 Å². The van der Waals surface area contributed by atoms with E-state index in [0.29, 0.717) is 5.41 Å². The first-order chi connectivity index (χ1) is 3.89. The van der Waals surface area contributed by atoms with E-state index in [1.165, 1.54) is 0 Å². The summed E-state index contributed by atoms with van der Waals surface area (Å²) in [6.45, 7) is 13.8. The van der Waals surface area contributed by atoms with Gasteiger partial charge < -0.3 is 0 Å². The Morgan fingerprint density at radius 1 is 0.818 bits per heavy atom. The molecule has 0 bridgehead atoms. The smallest absolute Gasteiger partial charge is 0.0308 e. The van der Waals surface area contributed by atoms with E-state index in [4.69, 9.17) is 0 Å². The quantitative estimate of drug-likeness (QED) is 0.560. The molecule has 0 fully saturated rings. The fourth-order valence-corrected chi connectivity index (χ4v) is 0.667. The average Bonchev–Trinajstić information content (AvgIpc) is 1.65. The maximum Gasteiger partial charge on any atom is -0.0308 e. The first-order valence-corrected chi connectivity index (χ1v) is 3.89. The molecule has 0 radical (unpaired) electrons. The van der Waals surface area contributed by atoms with E-state index >= 15 is 0 Å². The average molecular weight is 178 g/mol. The van der Waals surface area contributed by atoms with E-state index in [1.807, 2.05) is 0 Å². The van der Waals surface area contributed by atoms with Crippen LogP contribution in [0.15, 0.2) is 0 Å². The number of hydrogen-bond acceptors (Lipinski definition) is 0. The zero-order chi connectivity index (χ0) is 7.65. The molecule has 0 aromatic carbocycles. The molecule has 0 nitrogen and oxygen atoms in total. The van der Waals surface area contributed by atoms with Gasteiger partial charge in [-0.05, 0) is 17.3 Å². The third-order valence-corrected chi connectivity index (χ3v) is 2.98. The molecule has 72 valence electrons. The molecule has 0 aromatic heterocycles. The van der Waals surface area contributed by atoms with Crippen molar-refractivity contribution in [1.82, 2.24) is 0 Å².